The lowest BCUT2D eigenvalue weighted by Crippen LogP contribution is -2.30. The molecule has 2 heterocycles. The van der Waals surface area contributed by atoms with Crippen LogP contribution in [-0.2, 0) is 11.8 Å². The first kappa shape index (κ1) is 20.9. The van der Waals surface area contributed by atoms with Gasteiger partial charge in [0.2, 0.25) is 12.7 Å². The van der Waals surface area contributed by atoms with Crippen LogP contribution in [0.15, 0.2) is 54.9 Å². The number of hydrogen-bond donors (Lipinski definition) is 1. The lowest BCUT2D eigenvalue weighted by Gasteiger charge is -2.20. The van der Waals surface area contributed by atoms with Gasteiger partial charge in [-0.25, -0.2) is 4.98 Å². The standard InChI is InChI=1S/C22H20N4O6/c1-25-10-9-23-22(25)21(15-5-3-4-6-17(15)30-2)24-20(27)8-7-14-11-18-19(32-13-31-18)12-16(14)26(28)29/h3-12,21H,13H2,1-2H3,(H,24,27)/b8-7+. The molecule has 10 nitrogen and oxygen atoms in total. The normalized spacial score (nSPS) is 13.2. The molecule has 32 heavy (non-hydrogen) atoms. The maximum Gasteiger partial charge on any atom is 0.280 e. The van der Waals surface area contributed by atoms with Crippen molar-refractivity contribution in [2.75, 3.05) is 13.9 Å². The van der Waals surface area contributed by atoms with Gasteiger partial charge in [0.25, 0.3) is 5.69 Å². The second kappa shape index (κ2) is 8.80. The average molecular weight is 436 g/mol. The lowest BCUT2D eigenvalue weighted by molar-refractivity contribution is -0.385. The summed E-state index contributed by atoms with van der Waals surface area (Å²) in [6.45, 7) is -0.00953. The minimum absolute atomic E-state index is 0.00953. The summed E-state index contributed by atoms with van der Waals surface area (Å²) in [4.78, 5) is 28.1. The number of amides is 1. The van der Waals surface area contributed by atoms with E-state index < -0.39 is 16.9 Å². The summed E-state index contributed by atoms with van der Waals surface area (Å²) in [6.07, 6.45) is 6.01. The van der Waals surface area contributed by atoms with Crippen LogP contribution in [0.5, 0.6) is 17.2 Å². The number of fused-ring (bicyclic) bond motifs is 1. The first-order valence-corrected chi connectivity index (χ1v) is 9.64. The number of rotatable bonds is 7. The van der Waals surface area contributed by atoms with E-state index in [9.17, 15) is 14.9 Å². The van der Waals surface area contributed by atoms with Crippen molar-refractivity contribution in [1.82, 2.24) is 14.9 Å². The van der Waals surface area contributed by atoms with Crippen molar-refractivity contribution in [2.45, 2.75) is 6.04 Å². The predicted molar refractivity (Wildman–Crippen MR) is 114 cm³/mol. The van der Waals surface area contributed by atoms with Gasteiger partial charge in [-0.1, -0.05) is 18.2 Å². The Balaban J connectivity index is 1.63. The van der Waals surface area contributed by atoms with E-state index in [4.69, 9.17) is 14.2 Å². The average Bonchev–Trinajstić information content (AvgIpc) is 3.43. The van der Waals surface area contributed by atoms with Crippen molar-refractivity contribution in [3.8, 4) is 17.2 Å². The lowest BCUT2D eigenvalue weighted by atomic mass is 10.0. The van der Waals surface area contributed by atoms with Crippen molar-refractivity contribution >= 4 is 17.7 Å². The van der Waals surface area contributed by atoms with Crippen LogP contribution in [0.4, 0.5) is 5.69 Å². The zero-order valence-corrected chi connectivity index (χ0v) is 17.3. The number of ether oxygens (including phenoxy) is 3. The predicted octanol–water partition coefficient (Wildman–Crippen LogP) is 2.98. The van der Waals surface area contributed by atoms with Crippen molar-refractivity contribution in [3.05, 3.63) is 81.9 Å². The van der Waals surface area contributed by atoms with E-state index in [1.807, 2.05) is 25.2 Å². The Bertz CT molecular complexity index is 1200. The molecule has 1 amide bonds. The van der Waals surface area contributed by atoms with Gasteiger partial charge in [-0.3, -0.25) is 14.9 Å². The molecule has 1 unspecified atom stereocenters. The maximum atomic E-state index is 12.8. The van der Waals surface area contributed by atoms with Gasteiger partial charge in [0, 0.05) is 31.1 Å². The molecule has 0 saturated heterocycles. The molecule has 1 N–H and O–H groups in total. The highest BCUT2D eigenvalue weighted by Gasteiger charge is 2.24. The Hall–Kier alpha value is -4.34. The number of hydrogen-bond acceptors (Lipinski definition) is 7. The number of aryl methyl sites for hydroxylation is 1. The molecule has 2 aromatic carbocycles. The largest absolute Gasteiger partial charge is 0.496 e. The summed E-state index contributed by atoms with van der Waals surface area (Å²) in [5.74, 6) is 1.41. The molecule has 0 spiro atoms. The van der Waals surface area contributed by atoms with Gasteiger partial charge < -0.3 is 24.1 Å². The number of carbonyl (C=O) groups excluding carboxylic acids is 1. The number of aromatic nitrogens is 2. The number of imidazole rings is 1. The minimum Gasteiger partial charge on any atom is -0.496 e. The van der Waals surface area contributed by atoms with E-state index in [1.54, 1.807) is 30.1 Å². The number of nitro benzene ring substituents is 1. The quantitative estimate of drug-likeness (QED) is 0.344. The van der Waals surface area contributed by atoms with Gasteiger partial charge in [0.15, 0.2) is 11.5 Å². The van der Waals surface area contributed by atoms with Gasteiger partial charge >= 0.3 is 0 Å². The van der Waals surface area contributed by atoms with E-state index in [0.717, 1.165) is 5.56 Å². The zero-order valence-electron chi connectivity index (χ0n) is 17.3. The fourth-order valence-electron chi connectivity index (χ4n) is 3.44. The van der Waals surface area contributed by atoms with Crippen LogP contribution in [-0.4, -0.2) is 34.3 Å². The fourth-order valence-corrected chi connectivity index (χ4v) is 3.44. The molecule has 1 aliphatic rings. The summed E-state index contributed by atoms with van der Waals surface area (Å²) in [7, 11) is 3.37. The molecular formula is C22H20N4O6. The number of carbonyl (C=O) groups is 1. The number of benzene rings is 2. The Kier molecular flexibility index (Phi) is 5.75. The van der Waals surface area contributed by atoms with E-state index >= 15 is 0 Å². The third kappa shape index (κ3) is 4.10. The molecule has 1 aromatic heterocycles. The number of para-hydroxylation sites is 1. The fraction of sp³-hybridized carbons (Fsp3) is 0.182. The summed E-state index contributed by atoms with van der Waals surface area (Å²) < 4.78 is 17.7. The Morgan fingerprint density at radius 3 is 2.75 bits per heavy atom. The third-order valence-electron chi connectivity index (χ3n) is 4.99. The highest BCUT2D eigenvalue weighted by Crippen LogP contribution is 2.38. The van der Waals surface area contributed by atoms with Crippen LogP contribution >= 0.6 is 0 Å². The van der Waals surface area contributed by atoms with Gasteiger partial charge in [-0.05, 0) is 18.2 Å². The van der Waals surface area contributed by atoms with Crippen molar-refractivity contribution in [3.63, 3.8) is 0 Å². The first-order chi connectivity index (χ1) is 15.5. The first-order valence-electron chi connectivity index (χ1n) is 9.64. The molecule has 0 saturated carbocycles. The molecule has 164 valence electrons. The molecule has 0 bridgehead atoms. The van der Waals surface area contributed by atoms with E-state index in [1.165, 1.54) is 24.3 Å². The zero-order chi connectivity index (χ0) is 22.7. The number of nitrogens with one attached hydrogen (secondary N) is 1. The van der Waals surface area contributed by atoms with Crippen LogP contribution in [0.3, 0.4) is 0 Å². The molecule has 4 rings (SSSR count). The van der Waals surface area contributed by atoms with Crippen LogP contribution in [0.25, 0.3) is 6.08 Å². The summed E-state index contributed by atoms with van der Waals surface area (Å²) in [5.41, 5.74) is 0.754. The summed E-state index contributed by atoms with van der Waals surface area (Å²) in [5, 5.41) is 14.3. The van der Waals surface area contributed by atoms with E-state index in [-0.39, 0.29) is 18.0 Å². The van der Waals surface area contributed by atoms with Gasteiger partial charge in [-0.2, -0.15) is 0 Å². The van der Waals surface area contributed by atoms with E-state index in [0.29, 0.717) is 23.1 Å². The molecule has 0 radical (unpaired) electrons. The van der Waals surface area contributed by atoms with Crippen LogP contribution in [0.2, 0.25) is 0 Å². The molecule has 0 aliphatic carbocycles. The Morgan fingerprint density at radius 1 is 1.31 bits per heavy atom. The minimum atomic E-state index is -0.602. The van der Waals surface area contributed by atoms with Crippen LogP contribution < -0.4 is 19.5 Å². The summed E-state index contributed by atoms with van der Waals surface area (Å²) in [6, 6.07) is 9.46. The molecule has 10 heteroatoms. The van der Waals surface area contributed by atoms with Crippen molar-refractivity contribution in [2.24, 2.45) is 7.05 Å². The number of methoxy groups -OCH3 is 1. The molecule has 0 fully saturated rings. The van der Waals surface area contributed by atoms with Gasteiger partial charge in [0.1, 0.15) is 17.6 Å². The molecular weight excluding hydrogens is 416 g/mol. The second-order valence-electron chi connectivity index (χ2n) is 6.93. The number of nitrogens with zero attached hydrogens (tertiary/aromatic N) is 3. The van der Waals surface area contributed by atoms with Crippen molar-refractivity contribution in [1.29, 1.82) is 0 Å². The highest BCUT2D eigenvalue weighted by atomic mass is 16.7. The maximum absolute atomic E-state index is 12.8. The summed E-state index contributed by atoms with van der Waals surface area (Å²) >= 11 is 0. The van der Waals surface area contributed by atoms with Gasteiger partial charge in [0.05, 0.1) is 23.7 Å². The second-order valence-corrected chi connectivity index (χ2v) is 6.93. The number of nitro groups is 1. The Labute approximate surface area is 183 Å². The third-order valence-corrected chi connectivity index (χ3v) is 4.99. The monoisotopic (exact) mass is 436 g/mol. The molecule has 1 atom stereocenters. The molecule has 1 aliphatic heterocycles. The topological polar surface area (TPSA) is 118 Å². The Morgan fingerprint density at radius 2 is 2.06 bits per heavy atom. The van der Waals surface area contributed by atoms with Crippen LogP contribution in [0, 0.1) is 10.1 Å². The van der Waals surface area contributed by atoms with Gasteiger partial charge in [-0.15, -0.1) is 0 Å². The smallest absolute Gasteiger partial charge is 0.280 e. The van der Waals surface area contributed by atoms with E-state index in [2.05, 4.69) is 10.3 Å². The highest BCUT2D eigenvalue weighted by molar-refractivity contribution is 5.93. The SMILES string of the molecule is COc1ccccc1C(NC(=O)/C=C/c1cc2c(cc1[N+](=O)[O-])OCO2)c1nccn1C. The van der Waals surface area contributed by atoms with Crippen LogP contribution in [0.1, 0.15) is 23.0 Å². The molecule has 3 aromatic rings. The van der Waals surface area contributed by atoms with Crippen molar-refractivity contribution < 1.29 is 23.9 Å².